The second kappa shape index (κ2) is 6.14. The van der Waals surface area contributed by atoms with Gasteiger partial charge in [0.15, 0.2) is 0 Å². The van der Waals surface area contributed by atoms with Crippen molar-refractivity contribution in [3.8, 4) is 0 Å². The van der Waals surface area contributed by atoms with E-state index in [-0.39, 0.29) is 17.0 Å². The van der Waals surface area contributed by atoms with Crippen LogP contribution in [0.2, 0.25) is 0 Å². The zero-order valence-electron chi connectivity index (χ0n) is 10.4. The van der Waals surface area contributed by atoms with Crippen molar-refractivity contribution in [1.82, 2.24) is 5.32 Å². The predicted molar refractivity (Wildman–Crippen MR) is 70.3 cm³/mol. The van der Waals surface area contributed by atoms with Gasteiger partial charge in [-0.25, -0.2) is 0 Å². The number of nitrogens with zero attached hydrogens (tertiary/aromatic N) is 1. The van der Waals surface area contributed by atoms with Gasteiger partial charge in [0.2, 0.25) is 5.91 Å². The van der Waals surface area contributed by atoms with Crippen molar-refractivity contribution in [2.24, 2.45) is 16.3 Å². The van der Waals surface area contributed by atoms with Crippen LogP contribution in [0.3, 0.4) is 0 Å². The molecule has 0 spiro atoms. The van der Waals surface area contributed by atoms with Crippen molar-refractivity contribution in [3.05, 3.63) is 0 Å². The lowest BCUT2D eigenvalue weighted by Gasteiger charge is -2.26. The van der Waals surface area contributed by atoms with Crippen LogP contribution in [0.5, 0.6) is 0 Å². The summed E-state index contributed by atoms with van der Waals surface area (Å²) in [5, 5.41) is 14.6. The smallest absolute Gasteiger partial charge is 0.233 e. The summed E-state index contributed by atoms with van der Waals surface area (Å²) in [5.74, 6) is 1.25. The van der Waals surface area contributed by atoms with Gasteiger partial charge in [-0.15, -0.1) is 11.8 Å². The molecular formula is C11H21N3O2S. The molecule has 6 heteroatoms. The van der Waals surface area contributed by atoms with Crippen LogP contribution in [0.25, 0.3) is 0 Å². The van der Waals surface area contributed by atoms with Gasteiger partial charge in [-0.2, -0.15) is 0 Å². The molecule has 0 aromatic carbocycles. The summed E-state index contributed by atoms with van der Waals surface area (Å²) in [4.78, 5) is 11.9. The van der Waals surface area contributed by atoms with E-state index in [1.807, 2.05) is 13.8 Å². The molecule has 98 valence electrons. The Bertz CT molecular complexity index is 299. The fourth-order valence-corrected chi connectivity index (χ4v) is 2.82. The molecule has 1 amide bonds. The van der Waals surface area contributed by atoms with E-state index in [1.165, 1.54) is 6.42 Å². The normalized spacial score (nSPS) is 22.2. The Balaban J connectivity index is 2.41. The molecule has 1 atom stereocenters. The van der Waals surface area contributed by atoms with Crippen molar-refractivity contribution in [3.63, 3.8) is 0 Å². The molecule has 0 aliphatic carbocycles. The number of amidine groups is 1. The Kier molecular flexibility index (Phi) is 5.11. The molecular weight excluding hydrogens is 238 g/mol. The zero-order chi connectivity index (χ0) is 12.9. The summed E-state index contributed by atoms with van der Waals surface area (Å²) in [6.45, 7) is 4.05. The van der Waals surface area contributed by atoms with E-state index in [4.69, 9.17) is 10.9 Å². The molecule has 0 aromatic rings. The summed E-state index contributed by atoms with van der Waals surface area (Å²) in [6.07, 6.45) is 3.26. The first-order valence-electron chi connectivity index (χ1n) is 5.84. The molecule has 0 radical (unpaired) electrons. The molecule has 5 nitrogen and oxygen atoms in total. The minimum Gasteiger partial charge on any atom is -0.409 e. The molecule has 0 aromatic heterocycles. The van der Waals surface area contributed by atoms with Gasteiger partial charge >= 0.3 is 0 Å². The topological polar surface area (TPSA) is 87.7 Å². The Morgan fingerprint density at radius 3 is 2.82 bits per heavy atom. The fourth-order valence-electron chi connectivity index (χ4n) is 1.60. The number of amides is 1. The second-order valence-electron chi connectivity index (χ2n) is 4.94. The van der Waals surface area contributed by atoms with E-state index >= 15 is 0 Å². The molecule has 1 aliphatic rings. The second-order valence-corrected chi connectivity index (χ2v) is 6.25. The first-order valence-corrected chi connectivity index (χ1v) is 6.89. The Morgan fingerprint density at radius 1 is 1.59 bits per heavy atom. The number of nitrogens with one attached hydrogen (secondary N) is 1. The summed E-state index contributed by atoms with van der Waals surface area (Å²) >= 11 is 1.71. The lowest BCUT2D eigenvalue weighted by atomic mass is 9.92. The number of hydrogen-bond donors (Lipinski definition) is 3. The van der Waals surface area contributed by atoms with Crippen LogP contribution in [-0.2, 0) is 4.79 Å². The largest absolute Gasteiger partial charge is 0.409 e. The van der Waals surface area contributed by atoms with Gasteiger partial charge in [0, 0.05) is 12.0 Å². The highest BCUT2D eigenvalue weighted by atomic mass is 32.2. The Morgan fingerprint density at radius 2 is 2.29 bits per heavy atom. The molecule has 17 heavy (non-hydrogen) atoms. The molecule has 1 heterocycles. The van der Waals surface area contributed by atoms with Gasteiger partial charge < -0.3 is 16.3 Å². The van der Waals surface area contributed by atoms with E-state index < -0.39 is 5.41 Å². The molecule has 0 saturated carbocycles. The van der Waals surface area contributed by atoms with E-state index in [0.717, 1.165) is 18.6 Å². The quantitative estimate of drug-likeness (QED) is 0.306. The maximum absolute atomic E-state index is 11.9. The average molecular weight is 259 g/mol. The van der Waals surface area contributed by atoms with Crippen LogP contribution in [0.15, 0.2) is 5.16 Å². The number of rotatable bonds is 4. The maximum atomic E-state index is 11.9. The molecule has 1 fully saturated rings. The van der Waals surface area contributed by atoms with Gasteiger partial charge in [-0.3, -0.25) is 4.79 Å². The molecule has 0 bridgehead atoms. The number of nitrogens with two attached hydrogens (primary N) is 1. The number of oxime groups is 1. The first-order chi connectivity index (χ1) is 7.97. The first kappa shape index (κ1) is 14.2. The third-order valence-electron chi connectivity index (χ3n) is 2.98. The number of carbonyl (C=O) groups excluding carboxylic acids is 1. The zero-order valence-corrected chi connectivity index (χ0v) is 11.2. The Hall–Kier alpha value is -0.910. The standard InChI is InChI=1S/C11H21N3O2S/c1-11(2,10(12)14-16)7-13-9(15)8-5-3-4-6-17-8/h8,16H,3-7H2,1-2H3,(H2,12,14)(H,13,15). The van der Waals surface area contributed by atoms with Crippen molar-refractivity contribution < 1.29 is 10.0 Å². The lowest BCUT2D eigenvalue weighted by molar-refractivity contribution is -0.121. The highest BCUT2D eigenvalue weighted by Gasteiger charge is 2.27. The van der Waals surface area contributed by atoms with Crippen LogP contribution in [0.4, 0.5) is 0 Å². The maximum Gasteiger partial charge on any atom is 0.233 e. The lowest BCUT2D eigenvalue weighted by Crippen LogP contribution is -2.45. The highest BCUT2D eigenvalue weighted by Crippen LogP contribution is 2.25. The average Bonchev–Trinajstić information content (AvgIpc) is 2.36. The molecule has 1 saturated heterocycles. The minimum atomic E-state index is -0.524. The van der Waals surface area contributed by atoms with Crippen molar-refractivity contribution in [2.45, 2.75) is 38.4 Å². The molecule has 4 N–H and O–H groups in total. The van der Waals surface area contributed by atoms with Gasteiger partial charge in [-0.05, 0) is 18.6 Å². The SMILES string of the molecule is CC(C)(CNC(=O)C1CCCCS1)C(N)=NO. The summed E-state index contributed by atoms with van der Waals surface area (Å²) in [5.41, 5.74) is 5.03. The third-order valence-corrected chi connectivity index (χ3v) is 4.35. The molecule has 1 rings (SSSR count). The van der Waals surface area contributed by atoms with Crippen LogP contribution >= 0.6 is 11.8 Å². The minimum absolute atomic E-state index is 0.0619. The molecule has 1 unspecified atom stereocenters. The Labute approximate surface area is 106 Å². The number of hydrogen-bond acceptors (Lipinski definition) is 4. The predicted octanol–water partition coefficient (Wildman–Crippen LogP) is 1.16. The van der Waals surface area contributed by atoms with Crippen molar-refractivity contribution >= 4 is 23.5 Å². The van der Waals surface area contributed by atoms with Crippen LogP contribution in [0.1, 0.15) is 33.1 Å². The monoisotopic (exact) mass is 259 g/mol. The number of carbonyl (C=O) groups is 1. The number of thioether (sulfide) groups is 1. The van der Waals surface area contributed by atoms with Crippen molar-refractivity contribution in [2.75, 3.05) is 12.3 Å². The van der Waals surface area contributed by atoms with E-state index in [1.54, 1.807) is 11.8 Å². The fraction of sp³-hybridized carbons (Fsp3) is 0.818. The van der Waals surface area contributed by atoms with E-state index in [9.17, 15) is 4.79 Å². The van der Waals surface area contributed by atoms with Crippen LogP contribution in [0, 0.1) is 5.41 Å². The highest BCUT2D eigenvalue weighted by molar-refractivity contribution is 8.00. The van der Waals surface area contributed by atoms with Crippen molar-refractivity contribution in [1.29, 1.82) is 0 Å². The van der Waals surface area contributed by atoms with Gasteiger partial charge in [-0.1, -0.05) is 25.4 Å². The summed E-state index contributed by atoms with van der Waals surface area (Å²) < 4.78 is 0. The van der Waals surface area contributed by atoms with Crippen LogP contribution in [-0.4, -0.2) is 34.5 Å². The van der Waals surface area contributed by atoms with E-state index in [0.29, 0.717) is 6.54 Å². The summed E-state index contributed by atoms with van der Waals surface area (Å²) in [7, 11) is 0. The van der Waals surface area contributed by atoms with Crippen LogP contribution < -0.4 is 11.1 Å². The van der Waals surface area contributed by atoms with Gasteiger partial charge in [0.1, 0.15) is 5.84 Å². The van der Waals surface area contributed by atoms with E-state index in [2.05, 4.69) is 10.5 Å². The van der Waals surface area contributed by atoms with Gasteiger partial charge in [0.25, 0.3) is 0 Å². The molecule has 1 aliphatic heterocycles. The van der Waals surface area contributed by atoms with Gasteiger partial charge in [0.05, 0.1) is 5.25 Å². The third kappa shape index (κ3) is 4.11. The summed E-state index contributed by atoms with van der Waals surface area (Å²) in [6, 6.07) is 0.